The highest BCUT2D eigenvalue weighted by atomic mass is 35.5. The number of pyridine rings is 1. The van der Waals surface area contributed by atoms with Crippen molar-refractivity contribution in [3.8, 4) is 5.75 Å². The number of carboxylic acid groups (broad SMARTS) is 1. The summed E-state index contributed by atoms with van der Waals surface area (Å²) in [6, 6.07) is 3.41. The molecule has 0 atom stereocenters. The third kappa shape index (κ3) is 4.09. The standard InChI is InChI=1S/C23H23Cl2N3O5/c1-11-6-18(33-3)16(21(29)26-11)10-27-5-4-14-17(24)7-15(20(25)19(14)22(27)30)12(2)13-8-28(9-13)23(31)32/h6-7,13H,2,4-5,8-10H2,1,3H3,(H,26,29)(H,31,32). The minimum Gasteiger partial charge on any atom is -0.496 e. The maximum absolute atomic E-state index is 13.5. The van der Waals surface area contributed by atoms with Crippen LogP contribution >= 0.6 is 23.2 Å². The molecule has 8 nitrogen and oxygen atoms in total. The number of methoxy groups -OCH3 is 1. The number of nitrogens with one attached hydrogen (secondary N) is 1. The van der Waals surface area contributed by atoms with Crippen LogP contribution in [0, 0.1) is 12.8 Å². The molecule has 2 aliphatic rings. The Morgan fingerprint density at radius 1 is 1.30 bits per heavy atom. The number of aromatic amines is 1. The fourth-order valence-electron chi connectivity index (χ4n) is 4.31. The molecule has 1 aromatic carbocycles. The van der Waals surface area contributed by atoms with Gasteiger partial charge in [-0.3, -0.25) is 9.59 Å². The van der Waals surface area contributed by atoms with E-state index in [1.54, 1.807) is 24.0 Å². The molecule has 2 aromatic rings. The zero-order valence-electron chi connectivity index (χ0n) is 18.2. The Bertz CT molecular complexity index is 1230. The second-order valence-electron chi connectivity index (χ2n) is 8.29. The minimum absolute atomic E-state index is 0.0619. The molecule has 33 heavy (non-hydrogen) atoms. The van der Waals surface area contributed by atoms with Crippen molar-refractivity contribution in [2.45, 2.75) is 19.9 Å². The van der Waals surface area contributed by atoms with E-state index in [0.717, 1.165) is 0 Å². The summed E-state index contributed by atoms with van der Waals surface area (Å²) in [7, 11) is 1.48. The summed E-state index contributed by atoms with van der Waals surface area (Å²) >= 11 is 13.2. The van der Waals surface area contributed by atoms with Crippen LogP contribution in [0.5, 0.6) is 5.75 Å². The van der Waals surface area contributed by atoms with Crippen molar-refractivity contribution < 1.29 is 19.4 Å². The van der Waals surface area contributed by atoms with E-state index in [2.05, 4.69) is 11.6 Å². The van der Waals surface area contributed by atoms with E-state index in [1.165, 1.54) is 12.0 Å². The maximum Gasteiger partial charge on any atom is 0.407 e. The number of benzene rings is 1. The average Bonchev–Trinajstić information content (AvgIpc) is 2.71. The van der Waals surface area contributed by atoms with Gasteiger partial charge in [-0.25, -0.2) is 4.79 Å². The Hall–Kier alpha value is -2.97. The average molecular weight is 492 g/mol. The Balaban J connectivity index is 1.65. The van der Waals surface area contributed by atoms with Crippen molar-refractivity contribution >= 4 is 40.8 Å². The van der Waals surface area contributed by atoms with Crippen molar-refractivity contribution in [1.29, 1.82) is 0 Å². The molecule has 2 N–H and O–H groups in total. The molecule has 4 rings (SSSR count). The maximum atomic E-state index is 13.5. The van der Waals surface area contributed by atoms with E-state index in [9.17, 15) is 14.4 Å². The van der Waals surface area contributed by atoms with Gasteiger partial charge < -0.3 is 24.6 Å². The molecule has 0 bridgehead atoms. The number of likely N-dealkylation sites (tertiary alicyclic amines) is 1. The van der Waals surface area contributed by atoms with Gasteiger partial charge in [-0.2, -0.15) is 0 Å². The molecule has 1 aromatic heterocycles. The van der Waals surface area contributed by atoms with E-state index in [1.807, 2.05) is 0 Å². The number of fused-ring (bicyclic) bond motifs is 1. The number of nitrogens with zero attached hydrogens (tertiary/aromatic N) is 2. The monoisotopic (exact) mass is 491 g/mol. The first-order chi connectivity index (χ1) is 15.6. The summed E-state index contributed by atoms with van der Waals surface area (Å²) in [5.74, 6) is -0.0208. The van der Waals surface area contributed by atoms with Gasteiger partial charge in [-0.1, -0.05) is 29.8 Å². The fraction of sp³-hybridized carbons (Fsp3) is 0.348. The highest BCUT2D eigenvalue weighted by Gasteiger charge is 2.36. The SMILES string of the molecule is C=C(c1cc(Cl)c2c(c1Cl)C(=O)N(Cc1c(OC)cc(C)[nH]c1=O)CC2)C1CN(C(=O)O)C1. The molecular weight excluding hydrogens is 469 g/mol. The van der Waals surface area contributed by atoms with Crippen molar-refractivity contribution in [2.24, 2.45) is 5.92 Å². The van der Waals surface area contributed by atoms with Crippen LogP contribution in [-0.4, -0.2) is 58.6 Å². The topological polar surface area (TPSA) is 103 Å². The number of ether oxygens (including phenoxy) is 1. The van der Waals surface area contributed by atoms with Crippen LogP contribution < -0.4 is 10.3 Å². The third-order valence-corrected chi connectivity index (χ3v) is 6.97. The molecule has 3 heterocycles. The van der Waals surface area contributed by atoms with Crippen LogP contribution in [-0.2, 0) is 13.0 Å². The number of hydrogen-bond donors (Lipinski definition) is 2. The van der Waals surface area contributed by atoms with Crippen molar-refractivity contribution in [1.82, 2.24) is 14.8 Å². The third-order valence-electron chi connectivity index (χ3n) is 6.24. The number of H-pyrrole nitrogens is 1. The van der Waals surface area contributed by atoms with Gasteiger partial charge in [-0.15, -0.1) is 0 Å². The van der Waals surface area contributed by atoms with Gasteiger partial charge >= 0.3 is 6.09 Å². The van der Waals surface area contributed by atoms with Gasteiger partial charge in [0, 0.05) is 36.3 Å². The molecule has 10 heteroatoms. The number of carbonyl (C=O) groups is 2. The summed E-state index contributed by atoms with van der Waals surface area (Å²) in [5, 5.41) is 9.74. The lowest BCUT2D eigenvalue weighted by Gasteiger charge is -2.39. The molecular formula is C23H23Cl2N3O5. The molecule has 174 valence electrons. The lowest BCUT2D eigenvalue weighted by atomic mass is 9.85. The summed E-state index contributed by atoms with van der Waals surface area (Å²) < 4.78 is 5.35. The Morgan fingerprint density at radius 3 is 2.64 bits per heavy atom. The summed E-state index contributed by atoms with van der Waals surface area (Å²) in [6.45, 7) is 6.91. The van der Waals surface area contributed by atoms with E-state index in [0.29, 0.717) is 70.3 Å². The number of carbonyl (C=O) groups excluding carboxylic acids is 1. The Morgan fingerprint density at radius 2 is 2.00 bits per heavy atom. The second kappa shape index (κ2) is 8.76. The van der Waals surface area contributed by atoms with Crippen molar-refractivity contribution in [3.05, 3.63) is 67.1 Å². The molecule has 2 aliphatic heterocycles. The first kappa shape index (κ1) is 23.2. The molecule has 0 saturated carbocycles. The molecule has 0 spiro atoms. The smallest absolute Gasteiger partial charge is 0.407 e. The summed E-state index contributed by atoms with van der Waals surface area (Å²) in [6.07, 6.45) is -0.504. The number of hydrogen-bond acceptors (Lipinski definition) is 4. The molecule has 1 fully saturated rings. The molecule has 0 radical (unpaired) electrons. The van der Waals surface area contributed by atoms with Gasteiger partial charge in [0.2, 0.25) is 0 Å². The second-order valence-corrected chi connectivity index (χ2v) is 9.07. The Labute approximate surface area is 200 Å². The van der Waals surface area contributed by atoms with E-state index in [4.69, 9.17) is 33.0 Å². The predicted molar refractivity (Wildman–Crippen MR) is 125 cm³/mol. The molecule has 1 saturated heterocycles. The van der Waals surface area contributed by atoms with Crippen LogP contribution in [0.3, 0.4) is 0 Å². The lowest BCUT2D eigenvalue weighted by molar-refractivity contribution is 0.0725. The molecule has 0 aliphatic carbocycles. The lowest BCUT2D eigenvalue weighted by Crippen LogP contribution is -2.49. The van der Waals surface area contributed by atoms with Gasteiger partial charge in [-0.05, 0) is 42.2 Å². The van der Waals surface area contributed by atoms with Gasteiger partial charge in [0.1, 0.15) is 5.75 Å². The minimum atomic E-state index is -0.985. The molecule has 2 amide bonds. The fourth-order valence-corrected chi connectivity index (χ4v) is 4.98. The van der Waals surface area contributed by atoms with Gasteiger partial charge in [0.25, 0.3) is 11.5 Å². The van der Waals surface area contributed by atoms with Crippen LogP contribution in [0.1, 0.15) is 32.7 Å². The number of rotatable bonds is 5. The predicted octanol–water partition coefficient (Wildman–Crippen LogP) is 3.82. The number of aryl methyl sites for hydroxylation is 1. The highest BCUT2D eigenvalue weighted by Crippen LogP contribution is 2.41. The highest BCUT2D eigenvalue weighted by molar-refractivity contribution is 6.38. The van der Waals surface area contributed by atoms with Crippen LogP contribution in [0.25, 0.3) is 5.57 Å². The van der Waals surface area contributed by atoms with Crippen molar-refractivity contribution in [3.63, 3.8) is 0 Å². The first-order valence-corrected chi connectivity index (χ1v) is 11.1. The summed E-state index contributed by atoms with van der Waals surface area (Å²) in [5.41, 5.74) is 2.83. The zero-order valence-corrected chi connectivity index (χ0v) is 19.7. The first-order valence-electron chi connectivity index (χ1n) is 10.4. The van der Waals surface area contributed by atoms with Gasteiger partial charge in [0.15, 0.2) is 0 Å². The van der Waals surface area contributed by atoms with Crippen LogP contribution in [0.15, 0.2) is 23.5 Å². The number of halogens is 2. The van der Waals surface area contributed by atoms with E-state index >= 15 is 0 Å². The van der Waals surface area contributed by atoms with Crippen LogP contribution in [0.4, 0.5) is 4.79 Å². The summed E-state index contributed by atoms with van der Waals surface area (Å²) in [4.78, 5) is 42.6. The Kier molecular flexibility index (Phi) is 6.16. The number of amides is 2. The van der Waals surface area contributed by atoms with E-state index in [-0.39, 0.29) is 29.0 Å². The zero-order chi connectivity index (χ0) is 24.0. The van der Waals surface area contributed by atoms with E-state index < -0.39 is 6.09 Å². The van der Waals surface area contributed by atoms with Crippen LogP contribution in [0.2, 0.25) is 10.0 Å². The van der Waals surface area contributed by atoms with Crippen molar-refractivity contribution in [2.75, 3.05) is 26.7 Å². The quantitative estimate of drug-likeness (QED) is 0.661. The molecule has 0 unspecified atom stereocenters. The number of aromatic nitrogens is 1. The normalized spacial score (nSPS) is 15.8. The largest absolute Gasteiger partial charge is 0.496 e. The van der Waals surface area contributed by atoms with Gasteiger partial charge in [0.05, 0.1) is 29.8 Å².